The van der Waals surface area contributed by atoms with Crippen LogP contribution in [-0.4, -0.2) is 29.9 Å². The maximum atomic E-state index is 13.2. The Balaban J connectivity index is 3.05. The number of para-hydroxylation sites is 1. The molecular formula is C16H25N4OPS. The minimum absolute atomic E-state index is 0.254. The van der Waals surface area contributed by atoms with E-state index in [1.54, 1.807) is 18.1 Å². The van der Waals surface area contributed by atoms with E-state index in [0.29, 0.717) is 13.0 Å². The quantitative estimate of drug-likeness (QED) is 0.395. The van der Waals surface area contributed by atoms with Crippen molar-refractivity contribution in [3.63, 3.8) is 0 Å². The predicted octanol–water partition coefficient (Wildman–Crippen LogP) is 4.73. The fraction of sp³-hybridized carbons (Fsp3) is 0.500. The summed E-state index contributed by atoms with van der Waals surface area (Å²) in [5.41, 5.74) is 1.89. The van der Waals surface area contributed by atoms with E-state index in [1.807, 2.05) is 31.2 Å². The van der Waals surface area contributed by atoms with Gasteiger partial charge in [0.25, 0.3) is 6.65 Å². The van der Waals surface area contributed by atoms with Crippen molar-refractivity contribution in [2.75, 3.05) is 13.6 Å². The highest BCUT2D eigenvalue weighted by Gasteiger charge is 2.29. The number of benzene rings is 1. The molecular weight excluding hydrogens is 327 g/mol. The smallest absolute Gasteiger partial charge is 0.292 e. The zero-order valence-corrected chi connectivity index (χ0v) is 15.9. The topological polar surface area (TPSA) is 68.5 Å². The summed E-state index contributed by atoms with van der Waals surface area (Å²) in [6.45, 7) is 3.62. The van der Waals surface area contributed by atoms with Crippen LogP contribution in [0.1, 0.15) is 32.3 Å². The van der Waals surface area contributed by atoms with Crippen LogP contribution in [0, 0.1) is 18.3 Å². The average Bonchev–Trinajstić information content (AvgIpc) is 2.56. The molecule has 0 radical (unpaired) electrons. The van der Waals surface area contributed by atoms with Gasteiger partial charge in [-0.1, -0.05) is 43.4 Å². The fourth-order valence-corrected chi connectivity index (χ4v) is 6.45. The molecule has 1 rings (SSSR count). The molecule has 2 unspecified atom stereocenters. The van der Waals surface area contributed by atoms with E-state index in [9.17, 15) is 4.57 Å². The Hall–Kier alpha value is -1.28. The summed E-state index contributed by atoms with van der Waals surface area (Å²) in [5, 5.41) is 12.1. The second-order valence-electron chi connectivity index (χ2n) is 5.17. The van der Waals surface area contributed by atoms with Gasteiger partial charge in [-0.15, -0.1) is 0 Å². The number of aryl methyl sites for hydroxylation is 1. The summed E-state index contributed by atoms with van der Waals surface area (Å²) in [6.07, 6.45) is 2.83. The maximum absolute atomic E-state index is 13.2. The molecule has 2 atom stereocenters. The summed E-state index contributed by atoms with van der Waals surface area (Å²) >= 11 is 1.41. The van der Waals surface area contributed by atoms with Gasteiger partial charge in [0, 0.05) is 11.8 Å². The van der Waals surface area contributed by atoms with Crippen LogP contribution in [0.4, 0.5) is 5.69 Å². The van der Waals surface area contributed by atoms with Gasteiger partial charge in [-0.25, -0.2) is 10.1 Å². The first-order valence-electron chi connectivity index (χ1n) is 7.68. The van der Waals surface area contributed by atoms with Crippen LogP contribution in [0.2, 0.25) is 0 Å². The second-order valence-corrected chi connectivity index (χ2v) is 10.3. The zero-order valence-electron chi connectivity index (χ0n) is 14.2. The lowest BCUT2D eigenvalue weighted by Gasteiger charge is -2.29. The van der Waals surface area contributed by atoms with E-state index in [2.05, 4.69) is 30.0 Å². The van der Waals surface area contributed by atoms with Crippen LogP contribution in [0.3, 0.4) is 0 Å². The number of hydrogen-bond acceptors (Lipinski definition) is 4. The van der Waals surface area contributed by atoms with Crippen molar-refractivity contribution in [1.29, 1.82) is 5.26 Å². The molecule has 0 amide bonds. The van der Waals surface area contributed by atoms with Crippen LogP contribution in [0.25, 0.3) is 0 Å². The molecule has 1 N–H and O–H groups in total. The van der Waals surface area contributed by atoms with E-state index in [0.717, 1.165) is 17.7 Å². The molecule has 0 saturated heterocycles. The van der Waals surface area contributed by atoms with E-state index in [4.69, 9.17) is 5.26 Å². The Kier molecular flexibility index (Phi) is 8.40. The Labute approximate surface area is 143 Å². The van der Waals surface area contributed by atoms with Crippen molar-refractivity contribution in [1.82, 2.24) is 9.76 Å². The number of nitrogens with zero attached hydrogens (tertiary/aromatic N) is 3. The minimum Gasteiger partial charge on any atom is -0.292 e. The van der Waals surface area contributed by atoms with Crippen LogP contribution in [0.15, 0.2) is 29.3 Å². The van der Waals surface area contributed by atoms with E-state index < -0.39 is 6.65 Å². The first kappa shape index (κ1) is 19.8. The lowest BCUT2D eigenvalue weighted by Crippen LogP contribution is -2.25. The Morgan fingerprint density at radius 3 is 2.78 bits per heavy atom. The average molecular weight is 352 g/mol. The molecule has 7 heteroatoms. The van der Waals surface area contributed by atoms with Gasteiger partial charge in [-0.3, -0.25) is 9.24 Å². The van der Waals surface area contributed by atoms with Gasteiger partial charge in [-0.05, 0) is 32.0 Å². The third kappa shape index (κ3) is 6.02. The highest BCUT2D eigenvalue weighted by Crippen LogP contribution is 2.59. The zero-order chi connectivity index (χ0) is 17.3. The third-order valence-corrected chi connectivity index (χ3v) is 9.05. The first-order valence-corrected chi connectivity index (χ1v) is 10.8. The van der Waals surface area contributed by atoms with Gasteiger partial charge in [-0.2, -0.15) is 5.26 Å². The van der Waals surface area contributed by atoms with Crippen LogP contribution < -0.4 is 5.09 Å². The number of aliphatic imine (C=N–C) groups is 1. The van der Waals surface area contributed by atoms with Crippen LogP contribution in [-0.2, 0) is 4.57 Å². The lowest BCUT2D eigenvalue weighted by atomic mass is 10.2. The van der Waals surface area contributed by atoms with Gasteiger partial charge in [0.1, 0.15) is 0 Å². The van der Waals surface area contributed by atoms with Gasteiger partial charge in [0.2, 0.25) is 0 Å². The van der Waals surface area contributed by atoms with Crippen molar-refractivity contribution in [2.45, 2.75) is 38.9 Å². The van der Waals surface area contributed by atoms with E-state index in [-0.39, 0.29) is 5.25 Å². The molecule has 1 aromatic rings. The molecule has 1 aromatic carbocycles. The van der Waals surface area contributed by atoms with Crippen molar-refractivity contribution in [3.05, 3.63) is 29.8 Å². The monoisotopic (exact) mass is 352 g/mol. The number of hydrogen-bond donors (Lipinski definition) is 1. The SMILES string of the molecule is CCC(C)SP(=O)(NC)N(C=Nc1ccccc1C)CCC#N. The summed E-state index contributed by atoms with van der Waals surface area (Å²) in [7, 11) is 1.69. The molecule has 126 valence electrons. The summed E-state index contributed by atoms with van der Waals surface area (Å²) in [6, 6.07) is 9.89. The molecule has 0 spiro atoms. The first-order chi connectivity index (χ1) is 11.0. The van der Waals surface area contributed by atoms with Gasteiger partial charge in [0.05, 0.1) is 24.5 Å². The van der Waals surface area contributed by atoms with E-state index in [1.165, 1.54) is 11.4 Å². The molecule has 0 saturated carbocycles. The minimum atomic E-state index is -2.87. The summed E-state index contributed by atoms with van der Waals surface area (Å²) in [4.78, 5) is 4.47. The standard InChI is InChI=1S/C16H25N4OPS/c1-5-15(3)23-22(21,18-4)20(12-8-11-17)13-19-16-10-7-6-9-14(16)2/h6-7,9-10,13,15H,5,8,12H2,1-4H3,(H,18,21). The molecule has 5 nitrogen and oxygen atoms in total. The van der Waals surface area contributed by atoms with Gasteiger partial charge in [0.15, 0.2) is 0 Å². The normalized spacial score (nSPS) is 15.1. The fourth-order valence-electron chi connectivity index (χ4n) is 1.82. The molecule has 0 aliphatic carbocycles. The van der Waals surface area contributed by atoms with Gasteiger partial charge < -0.3 is 0 Å². The molecule has 0 aliphatic heterocycles. The lowest BCUT2D eigenvalue weighted by molar-refractivity contribution is 0.530. The molecule has 0 aromatic heterocycles. The summed E-state index contributed by atoms with van der Waals surface area (Å²) < 4.78 is 14.9. The molecule has 0 heterocycles. The molecule has 0 fully saturated rings. The Morgan fingerprint density at radius 2 is 2.22 bits per heavy atom. The predicted molar refractivity (Wildman–Crippen MR) is 100 cm³/mol. The van der Waals surface area contributed by atoms with E-state index >= 15 is 0 Å². The molecule has 0 bridgehead atoms. The second kappa shape index (κ2) is 9.77. The van der Waals surface area contributed by atoms with Crippen molar-refractivity contribution in [2.24, 2.45) is 4.99 Å². The molecule has 23 heavy (non-hydrogen) atoms. The number of nitrogens with one attached hydrogen (secondary N) is 1. The van der Waals surface area contributed by atoms with Crippen molar-refractivity contribution in [3.8, 4) is 6.07 Å². The summed E-state index contributed by atoms with van der Waals surface area (Å²) in [5.74, 6) is 0. The molecule has 0 aliphatic rings. The van der Waals surface area contributed by atoms with Crippen molar-refractivity contribution >= 4 is 30.1 Å². The van der Waals surface area contributed by atoms with Crippen LogP contribution in [0.5, 0.6) is 0 Å². The Bertz CT molecular complexity index is 614. The van der Waals surface area contributed by atoms with Gasteiger partial charge >= 0.3 is 0 Å². The number of rotatable bonds is 9. The third-order valence-electron chi connectivity index (χ3n) is 3.42. The van der Waals surface area contributed by atoms with Crippen LogP contribution >= 0.6 is 18.0 Å². The number of nitriles is 1. The Morgan fingerprint density at radius 1 is 1.52 bits per heavy atom. The highest BCUT2D eigenvalue weighted by molar-refractivity contribution is 8.57. The highest BCUT2D eigenvalue weighted by atomic mass is 32.7. The largest absolute Gasteiger partial charge is 0.293 e. The maximum Gasteiger partial charge on any atom is 0.293 e. The van der Waals surface area contributed by atoms with Crippen molar-refractivity contribution < 1.29 is 4.57 Å².